The molecule has 0 atom stereocenters. The van der Waals surface area contributed by atoms with Crippen LogP contribution in [0.1, 0.15) is 28.8 Å². The number of ether oxygens (including phenoxy) is 2. The minimum Gasteiger partial charge on any atom is -0.454 e. The Morgan fingerprint density at radius 2 is 1.76 bits per heavy atom. The second kappa shape index (κ2) is 5.69. The Hall–Kier alpha value is -2.69. The third-order valence-electron chi connectivity index (χ3n) is 5.29. The first-order valence-electron chi connectivity index (χ1n) is 8.89. The number of anilines is 2. The topological polar surface area (TPSA) is 42.0 Å². The molecule has 3 aliphatic rings. The molecule has 0 N–H and O–H groups in total. The third kappa shape index (κ3) is 2.42. The van der Waals surface area contributed by atoms with Crippen LogP contribution in [0, 0.1) is 0 Å². The summed E-state index contributed by atoms with van der Waals surface area (Å²) in [7, 11) is 0. The Morgan fingerprint density at radius 3 is 2.64 bits per heavy atom. The van der Waals surface area contributed by atoms with Gasteiger partial charge in [-0.05, 0) is 61.2 Å². The van der Waals surface area contributed by atoms with Crippen LogP contribution in [-0.2, 0) is 6.42 Å². The summed E-state index contributed by atoms with van der Waals surface area (Å²) in [6.45, 7) is 3.22. The standard InChI is InChI=1S/C20H20N2O3/c23-20(15-3-6-18-19(12-15)25-13-24-18)22-10-7-14-11-16(4-5-17(14)22)21-8-1-2-9-21/h3-6,11-12H,1-2,7-10,13H2. The van der Waals surface area contributed by atoms with Crippen molar-refractivity contribution in [2.45, 2.75) is 19.3 Å². The van der Waals surface area contributed by atoms with Gasteiger partial charge in [-0.2, -0.15) is 0 Å². The molecule has 1 saturated heterocycles. The van der Waals surface area contributed by atoms with Gasteiger partial charge in [0.2, 0.25) is 6.79 Å². The second-order valence-corrected chi connectivity index (χ2v) is 6.78. The fourth-order valence-electron chi connectivity index (χ4n) is 3.96. The summed E-state index contributed by atoms with van der Waals surface area (Å²) in [5.74, 6) is 1.37. The summed E-state index contributed by atoms with van der Waals surface area (Å²) in [5.41, 5.74) is 4.22. The molecule has 25 heavy (non-hydrogen) atoms. The number of hydrogen-bond donors (Lipinski definition) is 0. The molecule has 2 aromatic carbocycles. The van der Waals surface area contributed by atoms with Crippen molar-refractivity contribution in [1.82, 2.24) is 0 Å². The second-order valence-electron chi connectivity index (χ2n) is 6.78. The van der Waals surface area contributed by atoms with E-state index in [0.29, 0.717) is 17.1 Å². The molecular weight excluding hydrogens is 316 g/mol. The van der Waals surface area contributed by atoms with E-state index in [2.05, 4.69) is 23.1 Å². The maximum atomic E-state index is 13.0. The van der Waals surface area contributed by atoms with Gasteiger partial charge in [0.1, 0.15) is 0 Å². The van der Waals surface area contributed by atoms with Crippen LogP contribution >= 0.6 is 0 Å². The van der Waals surface area contributed by atoms with Gasteiger partial charge in [-0.15, -0.1) is 0 Å². The van der Waals surface area contributed by atoms with Gasteiger partial charge < -0.3 is 19.3 Å². The maximum Gasteiger partial charge on any atom is 0.258 e. The van der Waals surface area contributed by atoms with Gasteiger partial charge in [0, 0.05) is 36.6 Å². The molecule has 0 aromatic heterocycles. The molecule has 128 valence electrons. The molecule has 3 heterocycles. The van der Waals surface area contributed by atoms with Gasteiger partial charge in [0.15, 0.2) is 11.5 Å². The smallest absolute Gasteiger partial charge is 0.258 e. The summed E-state index contributed by atoms with van der Waals surface area (Å²) in [5, 5.41) is 0. The minimum atomic E-state index is 0.0194. The van der Waals surface area contributed by atoms with Crippen LogP contribution < -0.4 is 19.3 Å². The summed E-state index contributed by atoms with van der Waals surface area (Å²) < 4.78 is 10.7. The van der Waals surface area contributed by atoms with Crippen LogP contribution in [0.2, 0.25) is 0 Å². The van der Waals surface area contributed by atoms with E-state index >= 15 is 0 Å². The average molecular weight is 336 g/mol. The van der Waals surface area contributed by atoms with Gasteiger partial charge in [0.25, 0.3) is 5.91 Å². The monoisotopic (exact) mass is 336 g/mol. The molecule has 0 bridgehead atoms. The van der Waals surface area contributed by atoms with E-state index in [1.54, 1.807) is 6.07 Å². The first-order valence-corrected chi connectivity index (χ1v) is 8.89. The van der Waals surface area contributed by atoms with Gasteiger partial charge in [-0.1, -0.05) is 0 Å². The summed E-state index contributed by atoms with van der Waals surface area (Å²) in [4.78, 5) is 17.3. The predicted molar refractivity (Wildman–Crippen MR) is 95.8 cm³/mol. The Kier molecular flexibility index (Phi) is 3.33. The van der Waals surface area contributed by atoms with E-state index in [9.17, 15) is 4.79 Å². The van der Waals surface area contributed by atoms with Crippen molar-refractivity contribution in [1.29, 1.82) is 0 Å². The van der Waals surface area contributed by atoms with Crippen molar-refractivity contribution in [3.05, 3.63) is 47.5 Å². The van der Waals surface area contributed by atoms with Crippen LogP contribution in [0.5, 0.6) is 11.5 Å². The van der Waals surface area contributed by atoms with Crippen LogP contribution in [0.25, 0.3) is 0 Å². The van der Waals surface area contributed by atoms with E-state index in [-0.39, 0.29) is 12.7 Å². The summed E-state index contributed by atoms with van der Waals surface area (Å²) in [6, 6.07) is 11.9. The Bertz CT molecular complexity index is 843. The highest BCUT2D eigenvalue weighted by Gasteiger charge is 2.27. The van der Waals surface area contributed by atoms with Crippen LogP contribution in [0.4, 0.5) is 11.4 Å². The van der Waals surface area contributed by atoms with Crippen molar-refractivity contribution >= 4 is 17.3 Å². The van der Waals surface area contributed by atoms with E-state index in [1.807, 2.05) is 17.0 Å². The minimum absolute atomic E-state index is 0.0194. The number of carbonyl (C=O) groups excluding carboxylic acids is 1. The van der Waals surface area contributed by atoms with Crippen LogP contribution in [0.15, 0.2) is 36.4 Å². The molecule has 1 amide bonds. The molecule has 0 radical (unpaired) electrons. The molecule has 3 aliphatic heterocycles. The van der Waals surface area contributed by atoms with Crippen molar-refractivity contribution in [3.63, 3.8) is 0 Å². The zero-order valence-electron chi connectivity index (χ0n) is 14.0. The average Bonchev–Trinajstić information content (AvgIpc) is 3.39. The quantitative estimate of drug-likeness (QED) is 0.844. The fraction of sp³-hybridized carbons (Fsp3) is 0.350. The highest BCUT2D eigenvalue weighted by molar-refractivity contribution is 6.07. The Balaban J connectivity index is 1.42. The molecule has 5 heteroatoms. The first-order chi connectivity index (χ1) is 12.3. The number of rotatable bonds is 2. The van der Waals surface area contributed by atoms with Gasteiger partial charge in [-0.25, -0.2) is 0 Å². The normalized spacial score (nSPS) is 17.9. The van der Waals surface area contributed by atoms with Crippen LogP contribution in [-0.4, -0.2) is 32.3 Å². The van der Waals surface area contributed by atoms with Gasteiger partial charge >= 0.3 is 0 Å². The van der Waals surface area contributed by atoms with Crippen molar-refractivity contribution in [2.24, 2.45) is 0 Å². The van der Waals surface area contributed by atoms with E-state index in [1.165, 1.54) is 24.1 Å². The van der Waals surface area contributed by atoms with E-state index < -0.39 is 0 Å². The molecule has 5 rings (SSSR count). The van der Waals surface area contributed by atoms with Gasteiger partial charge in [0.05, 0.1) is 0 Å². The number of benzene rings is 2. The lowest BCUT2D eigenvalue weighted by Crippen LogP contribution is -2.28. The Labute approximate surface area is 146 Å². The van der Waals surface area contributed by atoms with Crippen molar-refractivity contribution in [2.75, 3.05) is 36.2 Å². The number of amides is 1. The highest BCUT2D eigenvalue weighted by atomic mass is 16.7. The third-order valence-corrected chi connectivity index (χ3v) is 5.29. The lowest BCUT2D eigenvalue weighted by Gasteiger charge is -2.21. The zero-order chi connectivity index (χ0) is 16.8. The summed E-state index contributed by atoms with van der Waals surface area (Å²) >= 11 is 0. The van der Waals surface area contributed by atoms with Crippen LogP contribution in [0.3, 0.4) is 0 Å². The van der Waals surface area contributed by atoms with E-state index in [0.717, 1.165) is 31.7 Å². The van der Waals surface area contributed by atoms with Crippen molar-refractivity contribution in [3.8, 4) is 11.5 Å². The van der Waals surface area contributed by atoms with Crippen molar-refractivity contribution < 1.29 is 14.3 Å². The number of fused-ring (bicyclic) bond motifs is 2. The molecular formula is C20H20N2O3. The number of carbonyl (C=O) groups is 1. The first kappa shape index (κ1) is 14.6. The number of hydrogen-bond acceptors (Lipinski definition) is 4. The lowest BCUT2D eigenvalue weighted by molar-refractivity contribution is 0.0989. The lowest BCUT2D eigenvalue weighted by atomic mass is 10.1. The predicted octanol–water partition coefficient (Wildman–Crippen LogP) is 3.22. The SMILES string of the molecule is O=C(c1ccc2c(c1)OCO2)N1CCc2cc(N3CCCC3)ccc21. The number of nitrogens with zero attached hydrogens (tertiary/aromatic N) is 2. The van der Waals surface area contributed by atoms with Gasteiger partial charge in [-0.3, -0.25) is 4.79 Å². The molecule has 0 unspecified atom stereocenters. The molecule has 0 saturated carbocycles. The molecule has 2 aromatic rings. The molecule has 5 nitrogen and oxygen atoms in total. The largest absolute Gasteiger partial charge is 0.454 e. The zero-order valence-corrected chi connectivity index (χ0v) is 14.0. The molecule has 1 fully saturated rings. The molecule has 0 aliphatic carbocycles. The Morgan fingerprint density at radius 1 is 0.920 bits per heavy atom. The maximum absolute atomic E-state index is 13.0. The summed E-state index contributed by atoms with van der Waals surface area (Å²) in [6.07, 6.45) is 3.45. The fourth-order valence-corrected chi connectivity index (χ4v) is 3.96. The molecule has 0 spiro atoms. The van der Waals surface area contributed by atoms with E-state index in [4.69, 9.17) is 9.47 Å². The highest BCUT2D eigenvalue weighted by Crippen LogP contribution is 2.36.